The highest BCUT2D eigenvalue weighted by Crippen LogP contribution is 1.95. The van der Waals surface area contributed by atoms with Gasteiger partial charge in [-0.15, -0.1) is 0 Å². The van der Waals surface area contributed by atoms with Crippen molar-refractivity contribution in [1.82, 2.24) is 5.01 Å². The fourth-order valence-electron chi connectivity index (χ4n) is 0.644. The molecule has 1 amide bonds. The van der Waals surface area contributed by atoms with Gasteiger partial charge in [0.1, 0.15) is 0 Å². The minimum absolute atomic E-state index is 0.490. The van der Waals surface area contributed by atoms with E-state index in [1.807, 2.05) is 6.08 Å². The number of carbonyl (C=O) groups excluding carboxylic acids is 1. The summed E-state index contributed by atoms with van der Waals surface area (Å²) >= 11 is 0. The maximum absolute atomic E-state index is 10.3. The molecule has 0 spiro atoms. The van der Waals surface area contributed by atoms with Crippen LogP contribution in [0.15, 0.2) is 41.8 Å². The van der Waals surface area contributed by atoms with Crippen molar-refractivity contribution >= 4 is 12.1 Å². The molecule has 4 nitrogen and oxygen atoms in total. The molecule has 0 aliphatic carbocycles. The molecule has 0 saturated heterocycles. The standard InChI is InChI=1S/C8H9N3O/c9-8(12)4-7-11-6-3-1-2-5-10-11/h1-7H,(H2,9,12)/b7-4+. The Morgan fingerprint density at radius 3 is 3.00 bits per heavy atom. The lowest BCUT2D eigenvalue weighted by molar-refractivity contribution is -0.113. The first kappa shape index (κ1) is 8.26. The fraction of sp³-hybridized carbons (Fsp3) is 0. The van der Waals surface area contributed by atoms with E-state index in [0.717, 1.165) is 0 Å². The molecule has 0 saturated carbocycles. The molecular weight excluding hydrogens is 154 g/mol. The molecule has 12 heavy (non-hydrogen) atoms. The Bertz CT molecular complexity index is 260. The first-order chi connectivity index (χ1) is 5.79. The van der Waals surface area contributed by atoms with Crippen LogP contribution in [0.2, 0.25) is 0 Å². The third-order valence-electron chi connectivity index (χ3n) is 1.14. The molecule has 62 valence electrons. The van der Waals surface area contributed by atoms with Crippen molar-refractivity contribution in [2.75, 3.05) is 0 Å². The van der Waals surface area contributed by atoms with Gasteiger partial charge in [0.05, 0.1) is 0 Å². The average Bonchev–Trinajstić information content (AvgIpc) is 2.28. The van der Waals surface area contributed by atoms with Crippen LogP contribution in [0.5, 0.6) is 0 Å². The molecule has 1 aliphatic heterocycles. The minimum Gasteiger partial charge on any atom is -0.366 e. The Hall–Kier alpha value is -1.84. The Labute approximate surface area is 70.3 Å². The van der Waals surface area contributed by atoms with Gasteiger partial charge in [0.15, 0.2) is 0 Å². The van der Waals surface area contributed by atoms with Gasteiger partial charge in [-0.25, -0.2) is 5.01 Å². The molecule has 0 aromatic rings. The molecule has 2 N–H and O–H groups in total. The molecule has 1 aliphatic rings. The summed E-state index contributed by atoms with van der Waals surface area (Å²) in [5.74, 6) is -0.490. The summed E-state index contributed by atoms with van der Waals surface area (Å²) in [5, 5.41) is 5.43. The van der Waals surface area contributed by atoms with Gasteiger partial charge in [0, 0.05) is 24.7 Å². The molecule has 4 heteroatoms. The molecule has 0 bridgehead atoms. The lowest BCUT2D eigenvalue weighted by Crippen LogP contribution is -2.08. The number of hydrogen-bond acceptors (Lipinski definition) is 3. The number of primary amides is 1. The van der Waals surface area contributed by atoms with Crippen LogP contribution < -0.4 is 5.73 Å². The number of nitrogens with zero attached hydrogens (tertiary/aromatic N) is 2. The fourth-order valence-corrected chi connectivity index (χ4v) is 0.644. The zero-order chi connectivity index (χ0) is 8.81. The second-order valence-electron chi connectivity index (χ2n) is 2.09. The quantitative estimate of drug-likeness (QED) is 0.597. The molecule has 1 heterocycles. The third kappa shape index (κ3) is 2.83. The number of hydrogen-bond donors (Lipinski definition) is 1. The molecule has 0 aromatic carbocycles. The van der Waals surface area contributed by atoms with Crippen LogP contribution in [-0.4, -0.2) is 17.1 Å². The van der Waals surface area contributed by atoms with E-state index in [9.17, 15) is 4.79 Å². The zero-order valence-electron chi connectivity index (χ0n) is 6.42. The van der Waals surface area contributed by atoms with Crippen LogP contribution in [0.25, 0.3) is 0 Å². The maximum atomic E-state index is 10.3. The highest BCUT2D eigenvalue weighted by Gasteiger charge is 1.90. The number of rotatable bonds is 2. The molecule has 0 aromatic heterocycles. The molecule has 1 rings (SSSR count). The second-order valence-corrected chi connectivity index (χ2v) is 2.09. The van der Waals surface area contributed by atoms with Gasteiger partial charge >= 0.3 is 0 Å². The first-order valence-corrected chi connectivity index (χ1v) is 3.42. The van der Waals surface area contributed by atoms with Gasteiger partial charge in [-0.2, -0.15) is 5.10 Å². The first-order valence-electron chi connectivity index (χ1n) is 3.42. The summed E-state index contributed by atoms with van der Waals surface area (Å²) in [5.41, 5.74) is 4.90. The molecule has 0 fully saturated rings. The van der Waals surface area contributed by atoms with Crippen molar-refractivity contribution in [2.24, 2.45) is 10.8 Å². The van der Waals surface area contributed by atoms with E-state index in [1.165, 1.54) is 17.3 Å². The highest BCUT2D eigenvalue weighted by molar-refractivity contribution is 5.85. The van der Waals surface area contributed by atoms with Crippen LogP contribution in [0.1, 0.15) is 0 Å². The van der Waals surface area contributed by atoms with Crippen LogP contribution in [0.4, 0.5) is 0 Å². The van der Waals surface area contributed by atoms with Crippen LogP contribution in [0, 0.1) is 0 Å². The van der Waals surface area contributed by atoms with Crippen molar-refractivity contribution in [1.29, 1.82) is 0 Å². The van der Waals surface area contributed by atoms with E-state index < -0.39 is 5.91 Å². The predicted octanol–water partition coefficient (Wildman–Crippen LogP) is 0.357. The van der Waals surface area contributed by atoms with Crippen molar-refractivity contribution < 1.29 is 4.79 Å². The van der Waals surface area contributed by atoms with Crippen LogP contribution in [-0.2, 0) is 4.79 Å². The van der Waals surface area contributed by atoms with E-state index in [2.05, 4.69) is 5.10 Å². The van der Waals surface area contributed by atoms with E-state index in [1.54, 1.807) is 24.6 Å². The minimum atomic E-state index is -0.490. The lowest BCUT2D eigenvalue weighted by atomic mass is 10.5. The molecule has 0 atom stereocenters. The van der Waals surface area contributed by atoms with Gasteiger partial charge in [-0.3, -0.25) is 4.79 Å². The van der Waals surface area contributed by atoms with Gasteiger partial charge in [0.25, 0.3) is 0 Å². The van der Waals surface area contributed by atoms with E-state index in [4.69, 9.17) is 5.73 Å². The summed E-state index contributed by atoms with van der Waals surface area (Å²) in [6.07, 6.45) is 11.5. The predicted molar refractivity (Wildman–Crippen MR) is 46.9 cm³/mol. The van der Waals surface area contributed by atoms with Gasteiger partial charge in [-0.05, 0) is 12.2 Å². The number of carbonyl (C=O) groups is 1. The number of nitrogens with two attached hydrogens (primary N) is 1. The summed E-state index contributed by atoms with van der Waals surface area (Å²) < 4.78 is 0. The number of hydrazone groups is 1. The Kier molecular flexibility index (Phi) is 2.84. The average molecular weight is 163 g/mol. The number of allylic oxidation sites excluding steroid dienone is 3. The Morgan fingerprint density at radius 1 is 1.42 bits per heavy atom. The van der Waals surface area contributed by atoms with Gasteiger partial charge < -0.3 is 5.73 Å². The lowest BCUT2D eigenvalue weighted by Gasteiger charge is -2.04. The highest BCUT2D eigenvalue weighted by atomic mass is 16.1. The molecular formula is C8H9N3O. The topological polar surface area (TPSA) is 58.7 Å². The maximum Gasteiger partial charge on any atom is 0.242 e. The summed E-state index contributed by atoms with van der Waals surface area (Å²) in [7, 11) is 0. The zero-order valence-corrected chi connectivity index (χ0v) is 6.42. The SMILES string of the molecule is NC(=O)/C=C/N1C=CC=CC=N1. The van der Waals surface area contributed by atoms with Crippen molar-refractivity contribution in [3.8, 4) is 0 Å². The van der Waals surface area contributed by atoms with Crippen LogP contribution in [0.3, 0.4) is 0 Å². The summed E-state index contributed by atoms with van der Waals surface area (Å²) in [4.78, 5) is 10.3. The second kappa shape index (κ2) is 4.12. The summed E-state index contributed by atoms with van der Waals surface area (Å²) in [6, 6.07) is 0. The largest absolute Gasteiger partial charge is 0.366 e. The van der Waals surface area contributed by atoms with E-state index in [0.29, 0.717) is 0 Å². The van der Waals surface area contributed by atoms with Gasteiger partial charge in [-0.1, -0.05) is 6.08 Å². The third-order valence-corrected chi connectivity index (χ3v) is 1.14. The number of amides is 1. The van der Waals surface area contributed by atoms with E-state index >= 15 is 0 Å². The monoisotopic (exact) mass is 163 g/mol. The molecule has 0 radical (unpaired) electrons. The van der Waals surface area contributed by atoms with E-state index in [-0.39, 0.29) is 0 Å². The smallest absolute Gasteiger partial charge is 0.242 e. The Morgan fingerprint density at radius 2 is 2.25 bits per heavy atom. The van der Waals surface area contributed by atoms with Crippen LogP contribution >= 0.6 is 0 Å². The van der Waals surface area contributed by atoms with Crippen molar-refractivity contribution in [3.05, 3.63) is 36.7 Å². The summed E-state index contributed by atoms with van der Waals surface area (Å²) in [6.45, 7) is 0. The Balaban J connectivity index is 2.59. The van der Waals surface area contributed by atoms with Crippen molar-refractivity contribution in [2.45, 2.75) is 0 Å². The van der Waals surface area contributed by atoms with Gasteiger partial charge in [0.2, 0.25) is 5.91 Å². The normalized spacial score (nSPS) is 15.5. The molecule has 0 unspecified atom stereocenters. The van der Waals surface area contributed by atoms with Crippen molar-refractivity contribution in [3.63, 3.8) is 0 Å².